The van der Waals surface area contributed by atoms with E-state index in [1.54, 1.807) is 0 Å². The summed E-state index contributed by atoms with van der Waals surface area (Å²) in [5, 5.41) is 15.2. The average molecular weight is 567 g/mol. The average Bonchev–Trinajstić information content (AvgIpc) is 3.63. The van der Waals surface area contributed by atoms with Crippen molar-refractivity contribution in [2.24, 2.45) is 17.8 Å². The van der Waals surface area contributed by atoms with Gasteiger partial charge < -0.3 is 25.6 Å². The second-order valence-electron chi connectivity index (χ2n) is 10.4. The van der Waals surface area contributed by atoms with Crippen molar-refractivity contribution < 1.29 is 28.7 Å². The lowest BCUT2D eigenvalue weighted by Crippen LogP contribution is -2.54. The van der Waals surface area contributed by atoms with Crippen LogP contribution in [0.15, 0.2) is 12.1 Å². The van der Waals surface area contributed by atoms with E-state index in [0.717, 1.165) is 31.7 Å². The second-order valence-corrected chi connectivity index (χ2v) is 11.2. The van der Waals surface area contributed by atoms with Crippen LogP contribution in [0.5, 0.6) is 0 Å². The molecule has 2 saturated heterocycles. The molecule has 9 nitrogen and oxygen atoms in total. The molecular formula is C26H29Cl2FN4O5. The van der Waals surface area contributed by atoms with E-state index >= 15 is 0 Å². The number of hydrogen-bond donors (Lipinski definition) is 4. The predicted octanol–water partition coefficient (Wildman–Crippen LogP) is 2.82. The third-order valence-electron chi connectivity index (χ3n) is 8.20. The Bertz CT molecular complexity index is 1300. The van der Waals surface area contributed by atoms with E-state index in [1.807, 2.05) is 0 Å². The largest absolute Gasteiger partial charge is 0.389 e. The minimum absolute atomic E-state index is 0.0756. The molecule has 0 bridgehead atoms. The normalized spacial score (nSPS) is 25.8. The Kier molecular flexibility index (Phi) is 7.66. The summed E-state index contributed by atoms with van der Waals surface area (Å²) < 4.78 is 14.1. The first-order valence-electron chi connectivity index (χ1n) is 12.9. The van der Waals surface area contributed by atoms with Crippen LogP contribution in [0.3, 0.4) is 0 Å². The number of aliphatic hydroxyl groups excluding tert-OH is 1. The summed E-state index contributed by atoms with van der Waals surface area (Å²) in [7, 11) is 0. The van der Waals surface area contributed by atoms with Crippen molar-refractivity contribution in [1.29, 1.82) is 0 Å². The number of ketones is 1. The fourth-order valence-corrected chi connectivity index (χ4v) is 6.72. The van der Waals surface area contributed by atoms with Gasteiger partial charge >= 0.3 is 0 Å². The molecule has 0 radical (unpaired) electrons. The van der Waals surface area contributed by atoms with Crippen LogP contribution in [-0.4, -0.2) is 70.3 Å². The smallest absolute Gasteiger partial charge is 0.271 e. The molecule has 1 saturated carbocycles. The van der Waals surface area contributed by atoms with Gasteiger partial charge in [-0.05, 0) is 49.7 Å². The molecule has 0 spiro atoms. The van der Waals surface area contributed by atoms with Gasteiger partial charge in [-0.15, -0.1) is 0 Å². The molecule has 1 aromatic carbocycles. The topological polar surface area (TPSA) is 132 Å². The molecule has 1 unspecified atom stereocenters. The van der Waals surface area contributed by atoms with Gasteiger partial charge in [0.05, 0.1) is 21.6 Å². The summed E-state index contributed by atoms with van der Waals surface area (Å²) in [4.78, 5) is 56.5. The molecule has 38 heavy (non-hydrogen) atoms. The number of benzene rings is 1. The molecule has 5 atom stereocenters. The molecule has 4 N–H and O–H groups in total. The first kappa shape index (κ1) is 26.9. The van der Waals surface area contributed by atoms with Gasteiger partial charge in [0.2, 0.25) is 11.8 Å². The van der Waals surface area contributed by atoms with Crippen LogP contribution in [0.2, 0.25) is 10.0 Å². The minimum Gasteiger partial charge on any atom is -0.389 e. The van der Waals surface area contributed by atoms with E-state index in [9.17, 15) is 28.7 Å². The molecule has 2 aromatic rings. The van der Waals surface area contributed by atoms with Crippen molar-refractivity contribution in [3.05, 3.63) is 33.7 Å². The highest BCUT2D eigenvalue weighted by atomic mass is 35.5. The predicted molar refractivity (Wildman–Crippen MR) is 138 cm³/mol. The number of aromatic nitrogens is 1. The van der Waals surface area contributed by atoms with Crippen LogP contribution >= 0.6 is 23.2 Å². The number of carbonyl (C=O) groups excluding carboxylic acids is 4. The summed E-state index contributed by atoms with van der Waals surface area (Å²) in [6.45, 7) is 0.0801. The Balaban J connectivity index is 1.43. The van der Waals surface area contributed by atoms with Gasteiger partial charge in [-0.1, -0.05) is 36.0 Å². The summed E-state index contributed by atoms with van der Waals surface area (Å²) in [5.74, 6) is -2.85. The molecule has 3 fully saturated rings. The van der Waals surface area contributed by atoms with Gasteiger partial charge in [0.25, 0.3) is 5.91 Å². The highest BCUT2D eigenvalue weighted by Gasteiger charge is 2.49. The number of fused-ring (bicyclic) bond motifs is 2. The monoisotopic (exact) mass is 566 g/mol. The number of likely N-dealkylation sites (tertiary alicyclic amines) is 1. The summed E-state index contributed by atoms with van der Waals surface area (Å²) in [6.07, 6.45) is 4.16. The lowest BCUT2D eigenvalue weighted by molar-refractivity contribution is -0.133. The molecule has 3 heterocycles. The standard InChI is InChI=1S/C26H29Cl2FN4O5/c27-16-9-17(29)21(28)15-8-19(31-22(15)16)26(38)33-10-13-3-1-2-4-14(13)23(33)25(37)32-18(20(35)11-34)7-12-5-6-30-24(12)36/h8-9,12-14,18,23,31,34H,1-7,10-11H2,(H,30,36)(H,32,37)/t12-,13-,14-,18?,23-/m0/s1. The summed E-state index contributed by atoms with van der Waals surface area (Å²) in [6, 6.07) is 0.617. The first-order valence-corrected chi connectivity index (χ1v) is 13.6. The minimum atomic E-state index is -1.05. The van der Waals surface area contributed by atoms with Gasteiger partial charge in [-0.2, -0.15) is 0 Å². The zero-order chi connectivity index (χ0) is 27.1. The molecule has 1 aliphatic carbocycles. The fraction of sp³-hybridized carbons (Fsp3) is 0.538. The van der Waals surface area contributed by atoms with Gasteiger partial charge in [0, 0.05) is 24.4 Å². The number of amides is 3. The van der Waals surface area contributed by atoms with Gasteiger partial charge in [-0.25, -0.2) is 4.39 Å². The molecule has 12 heteroatoms. The molecular weight excluding hydrogens is 538 g/mol. The maximum absolute atomic E-state index is 14.1. The number of halogens is 3. The van der Waals surface area contributed by atoms with Crippen LogP contribution in [0.1, 0.15) is 49.0 Å². The first-order chi connectivity index (χ1) is 18.2. The van der Waals surface area contributed by atoms with Crippen molar-refractivity contribution in [1.82, 2.24) is 20.5 Å². The Morgan fingerprint density at radius 3 is 2.66 bits per heavy atom. The highest BCUT2D eigenvalue weighted by molar-refractivity contribution is 6.40. The number of aromatic amines is 1. The number of H-pyrrole nitrogens is 1. The van der Waals surface area contributed by atoms with E-state index in [4.69, 9.17) is 23.2 Å². The van der Waals surface area contributed by atoms with E-state index in [2.05, 4.69) is 15.6 Å². The van der Waals surface area contributed by atoms with Crippen molar-refractivity contribution in [2.45, 2.75) is 50.6 Å². The third-order valence-corrected chi connectivity index (χ3v) is 8.88. The molecule has 2 aliphatic heterocycles. The fourth-order valence-electron chi connectivity index (χ4n) is 6.28. The van der Waals surface area contributed by atoms with E-state index in [0.29, 0.717) is 25.0 Å². The number of rotatable bonds is 7. The molecule has 204 valence electrons. The Morgan fingerprint density at radius 1 is 1.18 bits per heavy atom. The number of hydrogen-bond acceptors (Lipinski definition) is 5. The zero-order valence-corrected chi connectivity index (χ0v) is 22.1. The molecule has 1 aromatic heterocycles. The van der Waals surface area contributed by atoms with Crippen molar-refractivity contribution in [3.63, 3.8) is 0 Å². The highest BCUT2D eigenvalue weighted by Crippen LogP contribution is 2.42. The number of Topliss-reactive ketones (excluding diaryl/α,β-unsaturated/α-hetero) is 1. The quantitative estimate of drug-likeness (QED) is 0.383. The van der Waals surface area contributed by atoms with Crippen LogP contribution in [0.4, 0.5) is 4.39 Å². The van der Waals surface area contributed by atoms with Crippen LogP contribution in [0, 0.1) is 23.6 Å². The number of carbonyl (C=O) groups is 4. The number of nitrogens with zero attached hydrogens (tertiary/aromatic N) is 1. The van der Waals surface area contributed by atoms with Gasteiger partial charge in [-0.3, -0.25) is 19.2 Å². The number of nitrogens with one attached hydrogen (secondary N) is 3. The zero-order valence-electron chi connectivity index (χ0n) is 20.6. The second kappa shape index (κ2) is 10.8. The molecule has 3 aliphatic rings. The van der Waals surface area contributed by atoms with Crippen LogP contribution in [0.25, 0.3) is 10.9 Å². The Hall–Kier alpha value is -2.69. The van der Waals surface area contributed by atoms with Crippen molar-refractivity contribution in [3.8, 4) is 0 Å². The van der Waals surface area contributed by atoms with Crippen molar-refractivity contribution >= 4 is 57.6 Å². The van der Waals surface area contributed by atoms with E-state index < -0.39 is 48.0 Å². The molecule has 5 rings (SSSR count). The Labute approximate surface area is 228 Å². The van der Waals surface area contributed by atoms with E-state index in [-0.39, 0.29) is 45.3 Å². The van der Waals surface area contributed by atoms with Crippen LogP contribution < -0.4 is 10.6 Å². The van der Waals surface area contributed by atoms with Crippen LogP contribution in [-0.2, 0) is 14.4 Å². The third kappa shape index (κ3) is 4.89. The Morgan fingerprint density at radius 2 is 1.95 bits per heavy atom. The summed E-state index contributed by atoms with van der Waals surface area (Å²) >= 11 is 12.3. The van der Waals surface area contributed by atoms with Gasteiger partial charge in [0.1, 0.15) is 24.2 Å². The van der Waals surface area contributed by atoms with E-state index in [1.165, 1.54) is 11.0 Å². The lowest BCUT2D eigenvalue weighted by atomic mass is 9.78. The maximum Gasteiger partial charge on any atom is 0.271 e. The molecule has 3 amide bonds. The van der Waals surface area contributed by atoms with Gasteiger partial charge in [0.15, 0.2) is 5.78 Å². The SMILES string of the molecule is O=C(CO)C(C[C@@H]1CCNC1=O)NC(=O)[C@@H]1[C@H]2CCCC[C@H]2CN1C(=O)c1cc2c(Cl)c(F)cc(Cl)c2[nH]1. The summed E-state index contributed by atoms with van der Waals surface area (Å²) in [5.41, 5.74) is 0.443. The number of aliphatic hydroxyl groups is 1. The maximum atomic E-state index is 14.1. The lowest BCUT2D eigenvalue weighted by Gasteiger charge is -2.31. The van der Waals surface area contributed by atoms with Crippen molar-refractivity contribution in [2.75, 3.05) is 19.7 Å².